The summed E-state index contributed by atoms with van der Waals surface area (Å²) in [6.07, 6.45) is 4.07. The minimum absolute atomic E-state index is 0. The fraction of sp³-hybridized carbons (Fsp3) is 0.367. The van der Waals surface area contributed by atoms with Crippen molar-refractivity contribution in [1.82, 2.24) is 14.5 Å². The summed E-state index contributed by atoms with van der Waals surface area (Å²) in [5.41, 5.74) is 15.4. The first kappa shape index (κ1) is 50.2. The summed E-state index contributed by atoms with van der Waals surface area (Å²) in [6, 6.07) is 40.8. The van der Waals surface area contributed by atoms with Crippen molar-refractivity contribution in [2.24, 2.45) is 0 Å². The first-order chi connectivity index (χ1) is 30.1. The molecule has 0 radical (unpaired) electrons. The molecule has 1 N–H and O–H groups in total. The molecule has 0 bridgehead atoms. The minimum atomic E-state index is -0.316. The molecule has 6 heteroatoms. The van der Waals surface area contributed by atoms with E-state index in [1.165, 1.54) is 16.7 Å². The fourth-order valence-corrected chi connectivity index (χ4v) is 8.39. The number of aromatic nitrogens is 3. The molecular weight excluding hydrogens is 988 g/mol. The summed E-state index contributed by atoms with van der Waals surface area (Å²) in [4.78, 5) is 12.8. The van der Waals surface area contributed by atoms with Crippen LogP contribution in [0.3, 0.4) is 0 Å². The van der Waals surface area contributed by atoms with E-state index in [1.54, 1.807) is 0 Å². The Labute approximate surface area is 410 Å². The van der Waals surface area contributed by atoms with Gasteiger partial charge in [-0.3, -0.25) is 9.55 Å². The Hall–Kier alpha value is -5.25. The van der Waals surface area contributed by atoms with Crippen LogP contribution < -0.4 is 4.90 Å². The van der Waals surface area contributed by atoms with Gasteiger partial charge in [0, 0.05) is 63.1 Å². The van der Waals surface area contributed by atoms with E-state index < -0.39 is 0 Å². The van der Waals surface area contributed by atoms with E-state index in [9.17, 15) is 5.11 Å². The molecule has 348 valence electrons. The number of pyridine rings is 1. The van der Waals surface area contributed by atoms with Crippen LogP contribution in [0.25, 0.3) is 56.1 Å². The number of fused-ring (bicyclic) bond motifs is 1. The number of benzene rings is 5. The third-order valence-electron chi connectivity index (χ3n) is 12.7. The van der Waals surface area contributed by atoms with Gasteiger partial charge in [0.25, 0.3) is 0 Å². The van der Waals surface area contributed by atoms with Crippen LogP contribution in [-0.2, 0) is 48.1 Å². The second kappa shape index (κ2) is 18.1. The van der Waals surface area contributed by atoms with E-state index >= 15 is 0 Å². The molecule has 0 fully saturated rings. The smallest absolute Gasteiger partial charge is 0.148 e. The van der Waals surface area contributed by atoms with Gasteiger partial charge in [-0.25, -0.2) is 4.98 Å². The molecule has 0 aliphatic carbocycles. The number of nitrogens with zero attached hydrogens (tertiary/aromatic N) is 4. The fourth-order valence-electron chi connectivity index (χ4n) is 8.39. The molecule has 7 rings (SSSR count). The van der Waals surface area contributed by atoms with Gasteiger partial charge in [0.1, 0.15) is 11.6 Å². The van der Waals surface area contributed by atoms with Crippen molar-refractivity contribution in [3.8, 4) is 45.2 Å². The average molecular weight is 1060 g/mol. The second-order valence-electron chi connectivity index (χ2n) is 23.3. The quantitative estimate of drug-likeness (QED) is 0.162. The van der Waals surface area contributed by atoms with Crippen LogP contribution in [0.2, 0.25) is 0 Å². The minimum Gasteiger partial charge on any atom is -0.507 e. The van der Waals surface area contributed by atoms with E-state index in [-0.39, 0.29) is 53.9 Å². The maximum atomic E-state index is 12.5. The predicted molar refractivity (Wildman–Crippen MR) is 278 cm³/mol. The SMILES string of the molecule is C/C(=C/N(C)c1ccccc1)c1ccnc(-c2[c-]c(-c3cccc4c3nc(-c3cc(C(C)(C)C)cc(C(C)(C)C)c3O)n4-c3cc(C(C)(C)C)cc(C(C)(C)C)c3)cc(C(C)(C)C)c2)c1.[Pt]. The van der Waals surface area contributed by atoms with E-state index in [1.807, 2.05) is 12.3 Å². The molecule has 5 nitrogen and oxygen atoms in total. The molecule has 0 spiro atoms. The van der Waals surface area contributed by atoms with Crippen molar-refractivity contribution in [2.45, 2.75) is 138 Å². The normalized spacial score (nSPS) is 13.0. The number of imidazole rings is 1. The van der Waals surface area contributed by atoms with E-state index in [0.29, 0.717) is 5.82 Å². The Balaban J connectivity index is 0.00000720. The number of para-hydroxylation sites is 2. The number of phenols is 1. The van der Waals surface area contributed by atoms with Gasteiger partial charge in [0.15, 0.2) is 0 Å². The number of phenolic OH excluding ortho intramolecular Hbond substituents is 1. The molecule has 0 unspecified atom stereocenters. The van der Waals surface area contributed by atoms with Gasteiger partial charge in [-0.2, -0.15) is 0 Å². The average Bonchev–Trinajstić information content (AvgIpc) is 3.61. The van der Waals surface area contributed by atoms with Crippen molar-refractivity contribution in [3.05, 3.63) is 155 Å². The summed E-state index contributed by atoms with van der Waals surface area (Å²) >= 11 is 0. The van der Waals surface area contributed by atoms with Crippen LogP contribution in [0.5, 0.6) is 5.75 Å². The van der Waals surface area contributed by atoms with Crippen LogP contribution >= 0.6 is 0 Å². The third-order valence-corrected chi connectivity index (χ3v) is 12.7. The van der Waals surface area contributed by atoms with Crippen LogP contribution in [0.1, 0.15) is 144 Å². The molecule has 5 aromatic carbocycles. The van der Waals surface area contributed by atoms with Crippen LogP contribution in [0.15, 0.2) is 116 Å². The zero-order valence-corrected chi connectivity index (χ0v) is 44.8. The predicted octanol–water partition coefficient (Wildman–Crippen LogP) is 15.9. The van der Waals surface area contributed by atoms with Gasteiger partial charge in [0.05, 0.1) is 16.6 Å². The maximum absolute atomic E-state index is 12.5. The first-order valence-corrected chi connectivity index (χ1v) is 23.2. The van der Waals surface area contributed by atoms with E-state index in [2.05, 4.69) is 237 Å². The zero-order chi connectivity index (χ0) is 47.6. The zero-order valence-electron chi connectivity index (χ0n) is 42.5. The Morgan fingerprint density at radius 3 is 1.74 bits per heavy atom. The van der Waals surface area contributed by atoms with Crippen molar-refractivity contribution < 1.29 is 26.2 Å². The largest absolute Gasteiger partial charge is 0.507 e. The Morgan fingerprint density at radius 1 is 0.606 bits per heavy atom. The van der Waals surface area contributed by atoms with Gasteiger partial charge >= 0.3 is 0 Å². The van der Waals surface area contributed by atoms with E-state index in [4.69, 9.17) is 9.97 Å². The Morgan fingerprint density at radius 2 is 1.17 bits per heavy atom. The molecule has 0 aliphatic heterocycles. The molecule has 0 aliphatic rings. The topological polar surface area (TPSA) is 54.2 Å². The monoisotopic (exact) mass is 1060 g/mol. The summed E-state index contributed by atoms with van der Waals surface area (Å²) in [5.74, 6) is 0.970. The Bertz CT molecular complexity index is 2890. The van der Waals surface area contributed by atoms with Crippen LogP contribution in [0.4, 0.5) is 5.69 Å². The number of hydrogen-bond donors (Lipinski definition) is 1. The first-order valence-electron chi connectivity index (χ1n) is 23.2. The van der Waals surface area contributed by atoms with Gasteiger partial charge in [-0.05, 0) is 104 Å². The molecule has 66 heavy (non-hydrogen) atoms. The molecule has 7 aromatic rings. The number of aromatic hydroxyl groups is 1. The summed E-state index contributed by atoms with van der Waals surface area (Å²) in [6.45, 7) is 35.8. The van der Waals surface area contributed by atoms with Crippen LogP contribution in [0, 0.1) is 6.07 Å². The number of hydrogen-bond acceptors (Lipinski definition) is 4. The molecule has 2 heterocycles. The molecule has 2 aromatic heterocycles. The molecule has 0 saturated heterocycles. The molecule has 0 saturated carbocycles. The number of rotatable bonds is 7. The molecular formula is C60H71N4OPt-. The second-order valence-corrected chi connectivity index (χ2v) is 23.3. The van der Waals surface area contributed by atoms with Crippen molar-refractivity contribution in [1.29, 1.82) is 0 Å². The van der Waals surface area contributed by atoms with Gasteiger partial charge < -0.3 is 10.0 Å². The van der Waals surface area contributed by atoms with E-state index in [0.717, 1.165) is 72.6 Å². The number of anilines is 1. The summed E-state index contributed by atoms with van der Waals surface area (Å²) in [5, 5.41) is 12.5. The maximum Gasteiger partial charge on any atom is 0.148 e. The van der Waals surface area contributed by atoms with Gasteiger partial charge in [0.2, 0.25) is 0 Å². The van der Waals surface area contributed by atoms with Crippen molar-refractivity contribution in [2.75, 3.05) is 11.9 Å². The number of allylic oxidation sites excluding steroid dienone is 1. The summed E-state index contributed by atoms with van der Waals surface area (Å²) in [7, 11) is 2.08. The van der Waals surface area contributed by atoms with Gasteiger partial charge in [-0.15, -0.1) is 29.3 Å². The Kier molecular flexibility index (Phi) is 13.8. The van der Waals surface area contributed by atoms with Crippen LogP contribution in [-0.4, -0.2) is 26.7 Å². The molecule has 0 atom stereocenters. The van der Waals surface area contributed by atoms with Gasteiger partial charge in [-0.1, -0.05) is 164 Å². The third kappa shape index (κ3) is 10.5. The standard InChI is InChI=1S/C60H71N4O.Pt/c1-38(37-63(17)46-22-19-18-20-23-46)39-26-27-61-51(31-39)41-28-40(29-42(30-41)56(2,3)4)48-24-21-25-52-53(48)62-55(49-35-45(59(11,12)13)36-50(54(49)65)60(14,15)16)64(52)47-33-43(57(5,6)7)32-44(34-47)58(8,9)10;/h18-27,29-37,65H,1-17H3;/q-1;/b38-37-;. The summed E-state index contributed by atoms with van der Waals surface area (Å²) < 4.78 is 2.29. The van der Waals surface area contributed by atoms with Crippen molar-refractivity contribution >= 4 is 22.3 Å². The molecule has 0 amide bonds. The van der Waals surface area contributed by atoms with Crippen molar-refractivity contribution in [3.63, 3.8) is 0 Å².